The van der Waals surface area contributed by atoms with Crippen LogP contribution in [0.1, 0.15) is 20.3 Å². The predicted molar refractivity (Wildman–Crippen MR) is 58.9 cm³/mol. The number of hydrogen-bond donors (Lipinski definition) is 0. The average molecular weight is 207 g/mol. The maximum Gasteiger partial charge on any atom is 0.225 e. The van der Waals surface area contributed by atoms with E-state index in [0.717, 1.165) is 32.1 Å². The zero-order valence-electron chi connectivity index (χ0n) is 9.31. The molecular formula is C11H17N3O. The van der Waals surface area contributed by atoms with E-state index in [9.17, 15) is 0 Å². The zero-order valence-corrected chi connectivity index (χ0v) is 9.31. The number of morpholine rings is 1. The summed E-state index contributed by atoms with van der Waals surface area (Å²) >= 11 is 0. The molecule has 1 aromatic rings. The van der Waals surface area contributed by atoms with E-state index in [2.05, 4.69) is 28.7 Å². The van der Waals surface area contributed by atoms with Gasteiger partial charge in [0.15, 0.2) is 0 Å². The van der Waals surface area contributed by atoms with E-state index in [1.54, 1.807) is 12.4 Å². The van der Waals surface area contributed by atoms with Crippen LogP contribution in [-0.2, 0) is 4.74 Å². The lowest BCUT2D eigenvalue weighted by Gasteiger charge is -2.39. The Labute approximate surface area is 90.3 Å². The van der Waals surface area contributed by atoms with Crippen molar-refractivity contribution < 1.29 is 4.74 Å². The molecule has 0 aliphatic carbocycles. The van der Waals surface area contributed by atoms with Crippen molar-refractivity contribution in [2.24, 2.45) is 0 Å². The molecule has 0 saturated carbocycles. The molecule has 1 saturated heterocycles. The molecule has 1 fully saturated rings. The molecule has 0 aromatic carbocycles. The molecule has 1 atom stereocenters. The highest BCUT2D eigenvalue weighted by Gasteiger charge is 2.31. The van der Waals surface area contributed by atoms with Gasteiger partial charge >= 0.3 is 0 Å². The average Bonchev–Trinajstić information content (AvgIpc) is 2.30. The molecule has 0 spiro atoms. The normalized spacial score (nSPS) is 26.7. The molecule has 0 bridgehead atoms. The molecule has 4 heteroatoms. The van der Waals surface area contributed by atoms with Crippen LogP contribution in [0.15, 0.2) is 18.5 Å². The van der Waals surface area contributed by atoms with E-state index >= 15 is 0 Å². The van der Waals surface area contributed by atoms with Crippen molar-refractivity contribution in [2.75, 3.05) is 24.6 Å². The first kappa shape index (κ1) is 10.4. The molecule has 1 aliphatic heterocycles. The molecular weight excluding hydrogens is 190 g/mol. The predicted octanol–water partition coefficient (Wildman–Crippen LogP) is 1.48. The quantitative estimate of drug-likeness (QED) is 0.736. The lowest BCUT2D eigenvalue weighted by Crippen LogP contribution is -2.50. The molecule has 1 aliphatic rings. The summed E-state index contributed by atoms with van der Waals surface area (Å²) in [5, 5.41) is 0. The largest absolute Gasteiger partial charge is 0.372 e. The maximum absolute atomic E-state index is 5.77. The smallest absolute Gasteiger partial charge is 0.225 e. The minimum Gasteiger partial charge on any atom is -0.372 e. The Morgan fingerprint density at radius 2 is 2.20 bits per heavy atom. The third-order valence-corrected chi connectivity index (χ3v) is 2.92. The van der Waals surface area contributed by atoms with Gasteiger partial charge in [-0.15, -0.1) is 0 Å². The van der Waals surface area contributed by atoms with Crippen molar-refractivity contribution in [1.82, 2.24) is 9.97 Å². The van der Waals surface area contributed by atoms with Gasteiger partial charge in [0.25, 0.3) is 0 Å². The van der Waals surface area contributed by atoms with Crippen LogP contribution in [0, 0.1) is 0 Å². The summed E-state index contributed by atoms with van der Waals surface area (Å²) in [6, 6.07) is 1.84. The summed E-state index contributed by atoms with van der Waals surface area (Å²) < 4.78 is 5.77. The van der Waals surface area contributed by atoms with Crippen LogP contribution in [0.3, 0.4) is 0 Å². The highest BCUT2D eigenvalue weighted by molar-refractivity contribution is 5.30. The van der Waals surface area contributed by atoms with Crippen LogP contribution in [0.2, 0.25) is 0 Å². The molecule has 0 radical (unpaired) electrons. The second-order valence-corrected chi connectivity index (χ2v) is 4.12. The van der Waals surface area contributed by atoms with Crippen molar-refractivity contribution in [2.45, 2.75) is 25.9 Å². The lowest BCUT2D eigenvalue weighted by molar-refractivity contribution is -0.0445. The van der Waals surface area contributed by atoms with Gasteiger partial charge < -0.3 is 9.64 Å². The third-order valence-electron chi connectivity index (χ3n) is 2.92. The van der Waals surface area contributed by atoms with Gasteiger partial charge in [-0.25, -0.2) is 9.97 Å². The van der Waals surface area contributed by atoms with E-state index < -0.39 is 0 Å². The fourth-order valence-electron chi connectivity index (χ4n) is 1.77. The summed E-state index contributed by atoms with van der Waals surface area (Å²) in [6.07, 6.45) is 4.57. The van der Waals surface area contributed by atoms with Gasteiger partial charge in [0.05, 0.1) is 12.2 Å². The Hall–Kier alpha value is -1.16. The molecule has 2 heterocycles. The van der Waals surface area contributed by atoms with Crippen molar-refractivity contribution in [3.8, 4) is 0 Å². The molecule has 82 valence electrons. The highest BCUT2D eigenvalue weighted by atomic mass is 16.5. The van der Waals surface area contributed by atoms with E-state index in [0.29, 0.717) is 0 Å². The number of anilines is 1. The fourth-order valence-corrected chi connectivity index (χ4v) is 1.77. The van der Waals surface area contributed by atoms with Crippen LogP contribution in [0.25, 0.3) is 0 Å². The van der Waals surface area contributed by atoms with Crippen LogP contribution >= 0.6 is 0 Å². The number of nitrogens with zero attached hydrogens (tertiary/aromatic N) is 3. The van der Waals surface area contributed by atoms with Gasteiger partial charge in [0, 0.05) is 25.5 Å². The van der Waals surface area contributed by atoms with E-state index in [1.165, 1.54) is 0 Å². The van der Waals surface area contributed by atoms with E-state index in [4.69, 9.17) is 4.74 Å². The molecule has 1 unspecified atom stereocenters. The Balaban J connectivity index is 2.11. The van der Waals surface area contributed by atoms with Crippen molar-refractivity contribution in [3.05, 3.63) is 18.5 Å². The first-order valence-electron chi connectivity index (χ1n) is 5.39. The standard InChI is InChI=1S/C11H17N3O/c1-3-11(2)9-14(7-8-15-11)10-12-5-4-6-13-10/h4-6H,3,7-9H2,1-2H3. The van der Waals surface area contributed by atoms with Gasteiger partial charge in [-0.2, -0.15) is 0 Å². The number of rotatable bonds is 2. The van der Waals surface area contributed by atoms with Crippen molar-refractivity contribution in [1.29, 1.82) is 0 Å². The van der Waals surface area contributed by atoms with Crippen LogP contribution < -0.4 is 4.90 Å². The van der Waals surface area contributed by atoms with Crippen LogP contribution in [0.5, 0.6) is 0 Å². The summed E-state index contributed by atoms with van der Waals surface area (Å²) in [5.74, 6) is 0.806. The Morgan fingerprint density at radius 1 is 1.47 bits per heavy atom. The first-order chi connectivity index (χ1) is 7.23. The molecule has 15 heavy (non-hydrogen) atoms. The number of aromatic nitrogens is 2. The second-order valence-electron chi connectivity index (χ2n) is 4.12. The molecule has 2 rings (SSSR count). The molecule has 1 aromatic heterocycles. The lowest BCUT2D eigenvalue weighted by atomic mass is 10.0. The van der Waals surface area contributed by atoms with Gasteiger partial charge in [0.2, 0.25) is 5.95 Å². The summed E-state index contributed by atoms with van der Waals surface area (Å²) in [4.78, 5) is 10.7. The second kappa shape index (κ2) is 4.14. The fraction of sp³-hybridized carbons (Fsp3) is 0.636. The SMILES string of the molecule is CCC1(C)CN(c2ncccn2)CCO1. The van der Waals surface area contributed by atoms with Gasteiger partial charge in [-0.05, 0) is 19.4 Å². The van der Waals surface area contributed by atoms with Gasteiger partial charge in [0.1, 0.15) is 0 Å². The molecule has 0 amide bonds. The van der Waals surface area contributed by atoms with Crippen molar-refractivity contribution >= 4 is 5.95 Å². The van der Waals surface area contributed by atoms with E-state index in [1.807, 2.05) is 6.07 Å². The maximum atomic E-state index is 5.77. The Morgan fingerprint density at radius 3 is 2.87 bits per heavy atom. The minimum absolute atomic E-state index is 0.0581. The Bertz CT molecular complexity index is 317. The highest BCUT2D eigenvalue weighted by Crippen LogP contribution is 2.22. The Kier molecular flexibility index (Phi) is 2.86. The summed E-state index contributed by atoms with van der Waals surface area (Å²) in [7, 11) is 0. The molecule has 0 N–H and O–H groups in total. The minimum atomic E-state index is -0.0581. The van der Waals surface area contributed by atoms with E-state index in [-0.39, 0.29) is 5.60 Å². The van der Waals surface area contributed by atoms with Gasteiger partial charge in [-0.3, -0.25) is 0 Å². The zero-order chi connectivity index (χ0) is 10.7. The summed E-state index contributed by atoms with van der Waals surface area (Å²) in [6.45, 7) is 6.78. The summed E-state index contributed by atoms with van der Waals surface area (Å²) in [5.41, 5.74) is -0.0581. The topological polar surface area (TPSA) is 38.2 Å². The van der Waals surface area contributed by atoms with Gasteiger partial charge in [-0.1, -0.05) is 6.92 Å². The number of ether oxygens (including phenoxy) is 1. The molecule has 4 nitrogen and oxygen atoms in total. The van der Waals surface area contributed by atoms with Crippen LogP contribution in [-0.4, -0.2) is 35.3 Å². The first-order valence-corrected chi connectivity index (χ1v) is 5.39. The monoisotopic (exact) mass is 207 g/mol. The van der Waals surface area contributed by atoms with Crippen LogP contribution in [0.4, 0.5) is 5.95 Å². The third kappa shape index (κ3) is 2.26. The number of hydrogen-bond acceptors (Lipinski definition) is 4. The van der Waals surface area contributed by atoms with Crippen molar-refractivity contribution in [3.63, 3.8) is 0 Å².